The fourth-order valence-electron chi connectivity index (χ4n) is 4.47. The molecule has 41 heavy (non-hydrogen) atoms. The van der Waals surface area contributed by atoms with Crippen molar-refractivity contribution in [1.29, 1.82) is 0 Å². The summed E-state index contributed by atoms with van der Waals surface area (Å²) in [6.07, 6.45) is -0.579. The Morgan fingerprint density at radius 1 is 1.02 bits per heavy atom. The van der Waals surface area contributed by atoms with E-state index in [4.69, 9.17) is 4.74 Å². The van der Waals surface area contributed by atoms with Gasteiger partial charge in [0.25, 0.3) is 5.91 Å². The van der Waals surface area contributed by atoms with Gasteiger partial charge in [0.1, 0.15) is 11.9 Å². The molecule has 0 aliphatic carbocycles. The molecule has 0 aromatic heterocycles. The summed E-state index contributed by atoms with van der Waals surface area (Å²) in [7, 11) is 1.65. The van der Waals surface area contributed by atoms with E-state index in [1.165, 1.54) is 29.2 Å². The number of benzene rings is 3. The first kappa shape index (κ1) is 29.3. The Labute approximate surface area is 238 Å². The van der Waals surface area contributed by atoms with Crippen molar-refractivity contribution in [1.82, 2.24) is 9.80 Å². The van der Waals surface area contributed by atoms with Crippen molar-refractivity contribution >= 4 is 35.0 Å². The van der Waals surface area contributed by atoms with E-state index in [-0.39, 0.29) is 54.6 Å². The molecule has 0 fully saturated rings. The van der Waals surface area contributed by atoms with E-state index >= 15 is 0 Å². The number of carbonyl (C=O) groups is 3. The molecular weight excluding hydrogens is 529 g/mol. The molecule has 11 heteroatoms. The minimum Gasteiger partial charge on any atom is -0.485 e. The number of anilines is 3. The molecule has 10 nitrogen and oxygen atoms in total. The summed E-state index contributed by atoms with van der Waals surface area (Å²) < 4.78 is 19.7. The maximum Gasteiger partial charge on any atom is 0.323 e. The monoisotopic (exact) mass is 563 g/mol. The number of nitrogens with one attached hydrogen (secondary N) is 3. The second kappa shape index (κ2) is 13.1. The van der Waals surface area contributed by atoms with Crippen molar-refractivity contribution in [3.63, 3.8) is 0 Å². The molecule has 4 rings (SSSR count). The van der Waals surface area contributed by atoms with E-state index in [1.807, 2.05) is 25.1 Å². The number of ether oxygens (including phenoxy) is 1. The molecule has 1 heterocycles. The van der Waals surface area contributed by atoms with Gasteiger partial charge in [-0.3, -0.25) is 4.79 Å². The predicted octanol–water partition coefficient (Wildman–Crippen LogP) is 4.85. The van der Waals surface area contributed by atoms with Gasteiger partial charge in [-0.2, -0.15) is 0 Å². The van der Waals surface area contributed by atoms with Crippen LogP contribution < -0.4 is 20.7 Å². The molecule has 1 aliphatic heterocycles. The van der Waals surface area contributed by atoms with Gasteiger partial charge in [0.05, 0.1) is 30.4 Å². The molecule has 1 aliphatic rings. The number of aliphatic hydroxyl groups excluding tert-OH is 1. The number of hydrogen-bond acceptors (Lipinski definition) is 5. The van der Waals surface area contributed by atoms with E-state index in [0.29, 0.717) is 11.4 Å². The fourth-order valence-corrected chi connectivity index (χ4v) is 4.47. The lowest BCUT2D eigenvalue weighted by atomic mass is 9.99. The molecule has 0 saturated carbocycles. The highest BCUT2D eigenvalue weighted by Gasteiger charge is 2.35. The van der Waals surface area contributed by atoms with Crippen LogP contribution in [0, 0.1) is 11.7 Å². The van der Waals surface area contributed by atoms with Crippen LogP contribution in [0.25, 0.3) is 0 Å². The van der Waals surface area contributed by atoms with E-state index in [9.17, 15) is 23.9 Å². The average molecular weight is 564 g/mol. The van der Waals surface area contributed by atoms with Gasteiger partial charge >= 0.3 is 12.1 Å². The van der Waals surface area contributed by atoms with E-state index in [0.717, 1.165) is 0 Å². The maximum absolute atomic E-state index is 13.6. The van der Waals surface area contributed by atoms with Crippen LogP contribution in [-0.2, 0) is 0 Å². The molecule has 0 radical (unpaired) electrons. The molecule has 3 aromatic carbocycles. The van der Waals surface area contributed by atoms with Crippen molar-refractivity contribution < 1.29 is 28.6 Å². The van der Waals surface area contributed by atoms with Crippen molar-refractivity contribution in [2.24, 2.45) is 5.92 Å². The Bertz CT molecular complexity index is 1370. The number of likely N-dealkylation sites (N-methyl/N-ethyl adjacent to an activating group) is 1. The largest absolute Gasteiger partial charge is 0.485 e. The first-order valence-electron chi connectivity index (χ1n) is 13.3. The van der Waals surface area contributed by atoms with Gasteiger partial charge in [-0.25, -0.2) is 14.0 Å². The fraction of sp³-hybridized carbons (Fsp3) is 0.300. The third-order valence-electron chi connectivity index (χ3n) is 6.87. The number of rotatable bonds is 7. The third kappa shape index (κ3) is 7.31. The van der Waals surface area contributed by atoms with Gasteiger partial charge < -0.3 is 35.6 Å². The zero-order chi connectivity index (χ0) is 29.5. The molecule has 0 spiro atoms. The summed E-state index contributed by atoms with van der Waals surface area (Å²) in [5.74, 6) is -0.898. The summed E-state index contributed by atoms with van der Waals surface area (Å²) in [6.45, 7) is 3.86. The van der Waals surface area contributed by atoms with Crippen molar-refractivity contribution in [3.05, 3.63) is 84.2 Å². The molecule has 0 saturated heterocycles. The summed E-state index contributed by atoms with van der Waals surface area (Å²) in [6, 6.07) is 17.7. The van der Waals surface area contributed by atoms with Gasteiger partial charge in [-0.15, -0.1) is 0 Å². The lowest BCUT2D eigenvalue weighted by molar-refractivity contribution is 0.0373. The number of halogens is 1. The number of aliphatic hydroxyl groups is 1. The first-order valence-corrected chi connectivity index (χ1v) is 13.3. The number of amides is 5. The second-order valence-corrected chi connectivity index (χ2v) is 10.1. The van der Waals surface area contributed by atoms with Crippen molar-refractivity contribution in [2.75, 3.05) is 42.7 Å². The van der Waals surface area contributed by atoms with E-state index < -0.39 is 24.0 Å². The summed E-state index contributed by atoms with van der Waals surface area (Å²) in [4.78, 5) is 42.5. The normalized spacial score (nSPS) is 17.3. The van der Waals surface area contributed by atoms with Gasteiger partial charge in [0.15, 0.2) is 5.75 Å². The molecule has 0 bridgehead atoms. The third-order valence-corrected chi connectivity index (χ3v) is 6.87. The maximum atomic E-state index is 13.6. The van der Waals surface area contributed by atoms with Crippen molar-refractivity contribution in [3.8, 4) is 5.75 Å². The van der Waals surface area contributed by atoms with Crippen molar-refractivity contribution in [2.45, 2.75) is 26.0 Å². The molecule has 216 valence electrons. The molecule has 0 unspecified atom stereocenters. The molecule has 4 N–H and O–H groups in total. The summed E-state index contributed by atoms with van der Waals surface area (Å²) >= 11 is 0. The van der Waals surface area contributed by atoms with Gasteiger partial charge in [0.2, 0.25) is 0 Å². The quantitative estimate of drug-likeness (QED) is 0.327. The first-order chi connectivity index (χ1) is 19.7. The Balaban J connectivity index is 1.61. The zero-order valence-electron chi connectivity index (χ0n) is 23.1. The van der Waals surface area contributed by atoms with Gasteiger partial charge in [-0.1, -0.05) is 31.2 Å². The van der Waals surface area contributed by atoms with Crippen LogP contribution in [0.2, 0.25) is 0 Å². The number of hydrogen-bond donors (Lipinski definition) is 4. The Hall–Kier alpha value is -4.64. The van der Waals surface area contributed by atoms with Gasteiger partial charge in [0, 0.05) is 30.9 Å². The summed E-state index contributed by atoms with van der Waals surface area (Å²) in [5, 5.41) is 18.1. The zero-order valence-corrected chi connectivity index (χ0v) is 23.1. The van der Waals surface area contributed by atoms with Crippen LogP contribution >= 0.6 is 0 Å². The highest BCUT2D eigenvalue weighted by atomic mass is 19.1. The number of fused-ring (bicyclic) bond motifs is 1. The molecule has 5 amide bonds. The highest BCUT2D eigenvalue weighted by molar-refractivity contribution is 6.04. The Kier molecular flexibility index (Phi) is 9.41. The second-order valence-electron chi connectivity index (χ2n) is 10.1. The number of urea groups is 2. The lowest BCUT2D eigenvalue weighted by Crippen LogP contribution is -2.50. The molecular formula is C30H34FN5O5. The van der Waals surface area contributed by atoms with Crippen LogP contribution in [0.1, 0.15) is 24.2 Å². The lowest BCUT2D eigenvalue weighted by Gasteiger charge is -2.38. The van der Waals surface area contributed by atoms with E-state index in [1.54, 1.807) is 49.2 Å². The number of nitrogens with zero attached hydrogens (tertiary/aromatic N) is 2. The van der Waals surface area contributed by atoms with Crippen LogP contribution in [0.4, 0.5) is 31.0 Å². The van der Waals surface area contributed by atoms with E-state index in [2.05, 4.69) is 16.0 Å². The minimum absolute atomic E-state index is 0.148. The topological polar surface area (TPSA) is 123 Å². The minimum atomic E-state index is -0.618. The summed E-state index contributed by atoms with van der Waals surface area (Å²) in [5.41, 5.74) is 1.47. The van der Waals surface area contributed by atoms with Crippen LogP contribution in [-0.4, -0.2) is 71.8 Å². The standard InChI is InChI=1S/C30H34FN5O5/c1-19-16-36(20(2)18-37)28(38)24-10-7-11-25(34-29(39)32-23-14-12-21(31)13-15-23)27(24)41-26(19)17-35(3)30(40)33-22-8-5-4-6-9-22/h4-15,19-20,26,37H,16-18H2,1-3H3,(H,33,40)(H2,32,34,39)/t19-,20-,26+/m1/s1. The van der Waals surface area contributed by atoms with Crippen LogP contribution in [0.5, 0.6) is 5.75 Å². The van der Waals surface area contributed by atoms with Crippen LogP contribution in [0.3, 0.4) is 0 Å². The van der Waals surface area contributed by atoms with Crippen LogP contribution in [0.15, 0.2) is 72.8 Å². The predicted molar refractivity (Wildman–Crippen MR) is 155 cm³/mol. The number of carbonyl (C=O) groups excluding carboxylic acids is 3. The van der Waals surface area contributed by atoms with Gasteiger partial charge in [-0.05, 0) is 55.5 Å². The SMILES string of the molecule is C[C@@H]1CN([C@H](C)CO)C(=O)c2cccc(NC(=O)Nc3ccc(F)cc3)c2O[C@H]1CN(C)C(=O)Nc1ccccc1. The highest BCUT2D eigenvalue weighted by Crippen LogP contribution is 2.35. The molecule has 3 aromatic rings. The Morgan fingerprint density at radius 2 is 1.71 bits per heavy atom. The average Bonchev–Trinajstić information content (AvgIpc) is 2.96. The smallest absolute Gasteiger partial charge is 0.323 e. The number of para-hydroxylation sites is 2. The molecule has 3 atom stereocenters. The Morgan fingerprint density at radius 3 is 2.39 bits per heavy atom.